The van der Waals surface area contributed by atoms with Crippen LogP contribution >= 0.6 is 0 Å². The number of carbonyl (C=O) groups excluding carboxylic acids is 1. The lowest BCUT2D eigenvalue weighted by Gasteiger charge is -2.25. The van der Waals surface area contributed by atoms with Crippen LogP contribution < -0.4 is 10.2 Å². The van der Waals surface area contributed by atoms with Crippen molar-refractivity contribution in [2.45, 2.75) is 58.4 Å². The largest absolute Gasteiger partial charge is 0.351 e. The van der Waals surface area contributed by atoms with E-state index in [0.717, 1.165) is 42.6 Å². The van der Waals surface area contributed by atoms with Crippen molar-refractivity contribution in [3.05, 3.63) is 107 Å². The van der Waals surface area contributed by atoms with Crippen LogP contribution in [0.25, 0.3) is 0 Å². The standard InChI is InChI=1S/C30H33FN2O/c1-3-5-7-22-9-17-26(18-10-22)32-28-21-29(24-13-15-25(31)16-14-24)33(30(28)34)27-19-11-23(12-20-27)8-6-4-2/h9-21,29,32H,3-8H2,1-2H3. The van der Waals surface area contributed by atoms with Gasteiger partial charge < -0.3 is 5.32 Å². The molecule has 0 aromatic heterocycles. The number of benzene rings is 3. The molecule has 1 N–H and O–H groups in total. The average Bonchev–Trinajstić information content (AvgIpc) is 3.18. The maximum atomic E-state index is 13.6. The summed E-state index contributed by atoms with van der Waals surface area (Å²) in [6, 6.07) is 22.6. The van der Waals surface area contributed by atoms with Gasteiger partial charge in [-0.2, -0.15) is 0 Å². The van der Waals surface area contributed by atoms with Crippen LogP contribution in [-0.2, 0) is 17.6 Å². The van der Waals surface area contributed by atoms with Gasteiger partial charge in [-0.15, -0.1) is 0 Å². The normalized spacial score (nSPS) is 15.5. The number of nitrogens with zero attached hydrogens (tertiary/aromatic N) is 1. The minimum absolute atomic E-state index is 0.0920. The van der Waals surface area contributed by atoms with Crippen LogP contribution in [0.3, 0.4) is 0 Å². The van der Waals surface area contributed by atoms with Gasteiger partial charge in [0.25, 0.3) is 5.91 Å². The molecule has 0 bridgehead atoms. The second-order valence-corrected chi connectivity index (χ2v) is 8.95. The summed E-state index contributed by atoms with van der Waals surface area (Å²) < 4.78 is 13.6. The molecule has 0 saturated heterocycles. The highest BCUT2D eigenvalue weighted by Crippen LogP contribution is 2.36. The summed E-state index contributed by atoms with van der Waals surface area (Å²) in [5, 5.41) is 3.32. The quantitative estimate of drug-likeness (QED) is 0.341. The van der Waals surface area contributed by atoms with Crippen molar-refractivity contribution in [2.24, 2.45) is 0 Å². The van der Waals surface area contributed by atoms with Crippen molar-refractivity contribution in [3.8, 4) is 0 Å². The number of halogens is 1. The second-order valence-electron chi connectivity index (χ2n) is 8.95. The summed E-state index contributed by atoms with van der Waals surface area (Å²) in [5.41, 5.74) is 5.69. The van der Waals surface area contributed by atoms with Crippen LogP contribution in [0.1, 0.15) is 62.3 Å². The minimum Gasteiger partial charge on any atom is -0.351 e. The molecule has 3 aromatic carbocycles. The molecule has 0 radical (unpaired) electrons. The van der Waals surface area contributed by atoms with E-state index in [-0.39, 0.29) is 17.8 Å². The van der Waals surface area contributed by atoms with E-state index in [4.69, 9.17) is 0 Å². The molecular weight excluding hydrogens is 423 g/mol. The van der Waals surface area contributed by atoms with Crippen molar-refractivity contribution in [1.82, 2.24) is 0 Å². The molecular formula is C30H33FN2O. The molecule has 176 valence electrons. The molecule has 0 saturated carbocycles. The zero-order valence-corrected chi connectivity index (χ0v) is 20.1. The van der Waals surface area contributed by atoms with Crippen LogP contribution in [0, 0.1) is 5.82 Å². The van der Waals surface area contributed by atoms with Crippen LogP contribution in [0.5, 0.6) is 0 Å². The first-order valence-corrected chi connectivity index (χ1v) is 12.3. The molecule has 1 aliphatic heterocycles. The highest BCUT2D eigenvalue weighted by atomic mass is 19.1. The Bertz CT molecular complexity index is 1120. The predicted octanol–water partition coefficient (Wildman–Crippen LogP) is 7.59. The lowest BCUT2D eigenvalue weighted by molar-refractivity contribution is -0.114. The third-order valence-corrected chi connectivity index (χ3v) is 6.35. The van der Waals surface area contributed by atoms with Crippen LogP contribution in [0.4, 0.5) is 15.8 Å². The first-order chi connectivity index (χ1) is 16.6. The first-order valence-electron chi connectivity index (χ1n) is 12.3. The first kappa shape index (κ1) is 23.7. The van der Waals surface area contributed by atoms with Crippen molar-refractivity contribution in [1.29, 1.82) is 0 Å². The van der Waals surface area contributed by atoms with Gasteiger partial charge in [0.05, 0.1) is 6.04 Å². The Morgan fingerprint density at radius 3 is 1.91 bits per heavy atom. The van der Waals surface area contributed by atoms with E-state index in [1.54, 1.807) is 17.0 Å². The van der Waals surface area contributed by atoms with Gasteiger partial charge in [0, 0.05) is 11.4 Å². The van der Waals surface area contributed by atoms with Gasteiger partial charge in [0.2, 0.25) is 0 Å². The van der Waals surface area contributed by atoms with E-state index in [1.807, 2.05) is 30.3 Å². The summed E-state index contributed by atoms with van der Waals surface area (Å²) in [7, 11) is 0. The molecule has 0 aliphatic carbocycles. The molecule has 1 heterocycles. The maximum absolute atomic E-state index is 13.6. The maximum Gasteiger partial charge on any atom is 0.275 e. The van der Waals surface area contributed by atoms with Crippen molar-refractivity contribution >= 4 is 17.3 Å². The molecule has 1 atom stereocenters. The van der Waals surface area contributed by atoms with Crippen molar-refractivity contribution in [2.75, 3.05) is 10.2 Å². The Morgan fingerprint density at radius 1 is 0.794 bits per heavy atom. The van der Waals surface area contributed by atoms with Crippen LogP contribution in [-0.4, -0.2) is 5.91 Å². The molecule has 4 rings (SSSR count). The molecule has 1 aliphatic rings. The Labute approximate surface area is 202 Å². The number of unbranched alkanes of at least 4 members (excludes halogenated alkanes) is 2. The van der Waals surface area contributed by atoms with E-state index in [0.29, 0.717) is 5.70 Å². The number of hydrogen-bond donors (Lipinski definition) is 1. The molecule has 3 nitrogen and oxygen atoms in total. The number of carbonyl (C=O) groups is 1. The van der Waals surface area contributed by atoms with E-state index in [9.17, 15) is 9.18 Å². The lowest BCUT2D eigenvalue weighted by Crippen LogP contribution is -2.30. The Balaban J connectivity index is 1.59. The third kappa shape index (κ3) is 5.56. The fraction of sp³-hybridized carbons (Fsp3) is 0.300. The predicted molar refractivity (Wildman–Crippen MR) is 138 cm³/mol. The zero-order valence-electron chi connectivity index (χ0n) is 20.1. The number of nitrogens with one attached hydrogen (secondary N) is 1. The van der Waals surface area contributed by atoms with Gasteiger partial charge >= 0.3 is 0 Å². The fourth-order valence-electron chi connectivity index (χ4n) is 4.33. The van der Waals surface area contributed by atoms with Gasteiger partial charge in [-0.05, 0) is 84.8 Å². The summed E-state index contributed by atoms with van der Waals surface area (Å²) in [6.45, 7) is 4.37. The van der Waals surface area contributed by atoms with Crippen LogP contribution in [0.2, 0.25) is 0 Å². The van der Waals surface area contributed by atoms with Crippen molar-refractivity contribution < 1.29 is 9.18 Å². The Morgan fingerprint density at radius 2 is 1.35 bits per heavy atom. The summed E-state index contributed by atoms with van der Waals surface area (Å²) in [6.07, 6.45) is 8.66. The minimum atomic E-state index is -0.305. The number of rotatable bonds is 10. The van der Waals surface area contributed by atoms with Gasteiger partial charge in [0.1, 0.15) is 11.5 Å². The third-order valence-electron chi connectivity index (χ3n) is 6.35. The van der Waals surface area contributed by atoms with Crippen LogP contribution in [0.15, 0.2) is 84.6 Å². The van der Waals surface area contributed by atoms with Gasteiger partial charge in [-0.3, -0.25) is 9.69 Å². The summed E-state index contributed by atoms with van der Waals surface area (Å²) >= 11 is 0. The summed E-state index contributed by atoms with van der Waals surface area (Å²) in [4.78, 5) is 15.3. The molecule has 1 unspecified atom stereocenters. The topological polar surface area (TPSA) is 32.3 Å². The number of amides is 1. The molecule has 1 amide bonds. The smallest absolute Gasteiger partial charge is 0.275 e. The molecule has 0 spiro atoms. The highest BCUT2D eigenvalue weighted by molar-refractivity contribution is 6.11. The SMILES string of the molecule is CCCCc1ccc(NC2=CC(c3ccc(F)cc3)N(c3ccc(CCCC)cc3)C2=O)cc1. The van der Waals surface area contributed by atoms with Gasteiger partial charge in [-0.25, -0.2) is 4.39 Å². The van der Waals surface area contributed by atoms with E-state index >= 15 is 0 Å². The molecule has 4 heteroatoms. The Kier molecular flexibility index (Phi) is 7.79. The van der Waals surface area contributed by atoms with Gasteiger partial charge in [-0.1, -0.05) is 63.1 Å². The molecule has 34 heavy (non-hydrogen) atoms. The summed E-state index contributed by atoms with van der Waals surface area (Å²) in [5.74, 6) is -0.379. The number of anilines is 2. The van der Waals surface area contributed by atoms with E-state index in [1.165, 1.54) is 36.1 Å². The Hall–Kier alpha value is -3.40. The average molecular weight is 457 g/mol. The number of aryl methyl sites for hydroxylation is 2. The monoisotopic (exact) mass is 456 g/mol. The number of hydrogen-bond acceptors (Lipinski definition) is 2. The second kappa shape index (κ2) is 11.1. The van der Waals surface area contributed by atoms with Crippen molar-refractivity contribution in [3.63, 3.8) is 0 Å². The van der Waals surface area contributed by atoms with Gasteiger partial charge in [0.15, 0.2) is 0 Å². The lowest BCUT2D eigenvalue weighted by atomic mass is 10.0. The zero-order chi connectivity index (χ0) is 23.9. The fourth-order valence-corrected chi connectivity index (χ4v) is 4.33. The van der Waals surface area contributed by atoms with E-state index < -0.39 is 0 Å². The highest BCUT2D eigenvalue weighted by Gasteiger charge is 2.34. The molecule has 0 fully saturated rings. The van der Waals surface area contributed by atoms with E-state index in [2.05, 4.69) is 43.4 Å². The molecule has 3 aromatic rings.